The smallest absolute Gasteiger partial charge is 0.251 e. The van der Waals surface area contributed by atoms with Crippen molar-refractivity contribution in [3.05, 3.63) is 121 Å². The highest BCUT2D eigenvalue weighted by molar-refractivity contribution is 6.04. The summed E-state index contributed by atoms with van der Waals surface area (Å²) in [6, 6.07) is 18.2. The van der Waals surface area contributed by atoms with Crippen molar-refractivity contribution in [2.24, 2.45) is 17.8 Å². The third kappa shape index (κ3) is 14.5. The van der Waals surface area contributed by atoms with E-state index in [0.29, 0.717) is 39.7 Å². The summed E-state index contributed by atoms with van der Waals surface area (Å²) in [5.41, 5.74) is 2.61. The lowest BCUT2D eigenvalue weighted by Gasteiger charge is -2.35. The number of likely N-dealkylation sites (N-methyl/N-ethyl adjacent to an activating group) is 2. The lowest BCUT2D eigenvalue weighted by atomic mass is 9.83. The Hall–Kier alpha value is -8.30. The van der Waals surface area contributed by atoms with E-state index in [9.17, 15) is 38.4 Å². The van der Waals surface area contributed by atoms with Crippen molar-refractivity contribution in [1.29, 1.82) is 0 Å². The van der Waals surface area contributed by atoms with Gasteiger partial charge in [0.2, 0.25) is 35.4 Å². The number of hydrogen-bond donors (Lipinski definition) is 7. The van der Waals surface area contributed by atoms with Gasteiger partial charge >= 0.3 is 0 Å². The highest BCUT2D eigenvalue weighted by Gasteiger charge is 2.47. The Morgan fingerprint density at radius 2 is 0.952 bits per heavy atom. The summed E-state index contributed by atoms with van der Waals surface area (Å²) in [4.78, 5) is 135. The third-order valence-corrected chi connectivity index (χ3v) is 17.1. The lowest BCUT2D eigenvalue weighted by Crippen LogP contribution is -2.57. The van der Waals surface area contributed by atoms with E-state index in [2.05, 4.69) is 57.2 Å². The van der Waals surface area contributed by atoms with Crippen LogP contribution in [0.4, 0.5) is 11.4 Å². The summed E-state index contributed by atoms with van der Waals surface area (Å²) in [5, 5.41) is 21.1. The van der Waals surface area contributed by atoms with E-state index in [1.54, 1.807) is 126 Å². The van der Waals surface area contributed by atoms with Crippen LogP contribution in [-0.4, -0.2) is 146 Å². The predicted octanol–water partition coefficient (Wildman–Crippen LogP) is 5.71. The van der Waals surface area contributed by atoms with Crippen molar-refractivity contribution in [3.63, 3.8) is 0 Å². The van der Waals surface area contributed by atoms with Gasteiger partial charge in [-0.05, 0) is 133 Å². The molecule has 21 heteroatoms. The van der Waals surface area contributed by atoms with Crippen LogP contribution >= 0.6 is 0 Å². The van der Waals surface area contributed by atoms with Crippen molar-refractivity contribution in [2.75, 3.05) is 37.8 Å². The molecule has 0 spiro atoms. The first-order chi connectivity index (χ1) is 40.7. The van der Waals surface area contributed by atoms with Crippen LogP contribution in [0, 0.1) is 17.8 Å². The minimum atomic E-state index is -1.04. The maximum absolute atomic E-state index is 15.0. The lowest BCUT2D eigenvalue weighted by molar-refractivity contribution is -0.142. The van der Waals surface area contributed by atoms with Crippen LogP contribution in [0.15, 0.2) is 110 Å². The van der Waals surface area contributed by atoms with Gasteiger partial charge < -0.3 is 47.0 Å². The molecular weight excluding hydrogens is 1070 g/mol. The number of ketones is 1. The van der Waals surface area contributed by atoms with Crippen LogP contribution in [0.2, 0.25) is 0 Å². The fourth-order valence-electron chi connectivity index (χ4n) is 12.2. The number of amides is 7. The zero-order chi connectivity index (χ0) is 59.3. The number of hydrogen-bond acceptors (Lipinski definition) is 14. The average molecular weight is 1140 g/mol. The van der Waals surface area contributed by atoms with E-state index in [-0.39, 0.29) is 73.3 Å². The Morgan fingerprint density at radius 1 is 0.524 bits per heavy atom. The number of likely N-dealkylation sites (tertiary alicyclic amines) is 2. The standard InChI is InChI=1S/C63H77N13O8/c1-38(64-3)57(78)73-53(42-17-7-5-8-18-42)62(83)75-36-40(33-50(75)60(81)71-48-23-13-11-21-46(48)55-66-29-15-30-67-55)34-52(77)41-25-27-44(28-26-41)59(80)70-45-35-51(61(82)72-49-24-14-12-22-47(49)56-68-31-16-32-69-56)76(37-45)63(84)54(43-19-9-6-10-20-43)74-58(79)39(2)65-4/h11-16,21-32,38-40,42-43,45,50-51,53-54,64-65H,5-10,17-20,33-37H2,1-4H3,(H,70,80)(H,71,81)(H,72,82)(H,73,78)(H,74,79)/t38-,39-,40+,45-,50-,51-,53-,54-/m0/s1. The van der Waals surface area contributed by atoms with Gasteiger partial charge in [-0.1, -0.05) is 74.9 Å². The Morgan fingerprint density at radius 3 is 1.42 bits per heavy atom. The largest absolute Gasteiger partial charge is 0.347 e. The molecule has 7 amide bonds. The molecule has 0 radical (unpaired) electrons. The maximum Gasteiger partial charge on any atom is 0.251 e. The van der Waals surface area contributed by atoms with Gasteiger partial charge in [0.05, 0.1) is 23.5 Å². The second kappa shape index (κ2) is 28.3. The van der Waals surface area contributed by atoms with E-state index in [1.165, 1.54) is 9.80 Å². The number of benzene rings is 3. The van der Waals surface area contributed by atoms with Gasteiger partial charge in [0.1, 0.15) is 24.2 Å². The van der Waals surface area contributed by atoms with Crippen LogP contribution in [0.3, 0.4) is 0 Å². The molecule has 7 N–H and O–H groups in total. The molecule has 5 aromatic rings. The van der Waals surface area contributed by atoms with Crippen LogP contribution in [0.5, 0.6) is 0 Å². The molecule has 2 aromatic heterocycles. The summed E-state index contributed by atoms with van der Waals surface area (Å²) < 4.78 is 0. The molecule has 4 heterocycles. The van der Waals surface area contributed by atoms with Gasteiger partial charge in [-0.3, -0.25) is 38.4 Å². The molecule has 2 saturated carbocycles. The first-order valence-electron chi connectivity index (χ1n) is 29.6. The molecule has 0 unspecified atom stereocenters. The monoisotopic (exact) mass is 1140 g/mol. The highest BCUT2D eigenvalue weighted by atomic mass is 16.2. The highest BCUT2D eigenvalue weighted by Crippen LogP contribution is 2.35. The maximum atomic E-state index is 15.0. The molecule has 9 rings (SSSR count). The fourth-order valence-corrected chi connectivity index (χ4v) is 12.2. The van der Waals surface area contributed by atoms with E-state index in [0.717, 1.165) is 64.2 Å². The minimum Gasteiger partial charge on any atom is -0.347 e. The molecule has 2 aliphatic heterocycles. The Labute approximate surface area is 490 Å². The SMILES string of the molecule is CN[C@@H](C)C(=O)N[C@H](C(=O)N1C[C@@H](CC(=O)c2ccc(C(=O)N[C@H]3C[C@@H](C(=O)Nc4ccccc4-c4ncccn4)N(C(=O)[C@@H](NC(=O)[C@H](C)NC)C4CCCCC4)C3)cc2)C[C@H]1C(=O)Nc1ccccc1-c1ncccn1)C1CCCCC1. The Kier molecular flexibility index (Phi) is 20.3. The Balaban J connectivity index is 0.917. The zero-order valence-electron chi connectivity index (χ0n) is 48.2. The predicted molar refractivity (Wildman–Crippen MR) is 317 cm³/mol. The normalized spacial score (nSPS) is 20.6. The number of rotatable bonds is 21. The van der Waals surface area contributed by atoms with Gasteiger partial charge in [-0.25, -0.2) is 19.9 Å². The summed E-state index contributed by atoms with van der Waals surface area (Å²) in [7, 11) is 3.34. The van der Waals surface area contributed by atoms with Crippen molar-refractivity contribution in [3.8, 4) is 22.8 Å². The topological polar surface area (TPSA) is 279 Å². The molecule has 4 fully saturated rings. The molecule has 84 heavy (non-hydrogen) atoms. The number of nitrogens with one attached hydrogen (secondary N) is 7. The molecule has 2 aliphatic carbocycles. The fraction of sp³-hybridized carbons (Fsp3) is 0.460. The average Bonchev–Trinajstić information content (AvgIpc) is 4.37. The number of para-hydroxylation sites is 2. The van der Waals surface area contributed by atoms with E-state index in [1.807, 2.05) is 12.1 Å². The number of aromatic nitrogens is 4. The molecule has 0 bridgehead atoms. The van der Waals surface area contributed by atoms with Crippen LogP contribution in [0.25, 0.3) is 22.8 Å². The van der Waals surface area contributed by atoms with E-state index < -0.39 is 71.8 Å². The summed E-state index contributed by atoms with van der Waals surface area (Å²) in [5.74, 6) is -3.04. The second-order valence-corrected chi connectivity index (χ2v) is 22.7. The first kappa shape index (κ1) is 60.3. The van der Waals surface area contributed by atoms with Gasteiger partial charge in [0, 0.05) is 72.6 Å². The van der Waals surface area contributed by atoms with E-state index >= 15 is 0 Å². The van der Waals surface area contributed by atoms with Gasteiger partial charge in [0.15, 0.2) is 17.4 Å². The third-order valence-electron chi connectivity index (χ3n) is 17.1. The molecule has 442 valence electrons. The summed E-state index contributed by atoms with van der Waals surface area (Å²) in [6.07, 6.45) is 15.3. The van der Waals surface area contributed by atoms with Crippen LogP contribution in [0.1, 0.15) is 118 Å². The first-order valence-corrected chi connectivity index (χ1v) is 29.6. The minimum absolute atomic E-state index is 0.0138. The van der Waals surface area contributed by atoms with Gasteiger partial charge in [-0.2, -0.15) is 0 Å². The van der Waals surface area contributed by atoms with Crippen molar-refractivity contribution in [1.82, 2.24) is 56.3 Å². The summed E-state index contributed by atoms with van der Waals surface area (Å²) >= 11 is 0. The Bertz CT molecular complexity index is 2930. The van der Waals surface area contributed by atoms with Crippen LogP contribution in [-0.2, 0) is 28.8 Å². The van der Waals surface area contributed by atoms with Crippen LogP contribution < -0.4 is 37.2 Å². The van der Waals surface area contributed by atoms with Gasteiger partial charge in [0.25, 0.3) is 5.91 Å². The molecule has 21 nitrogen and oxygen atoms in total. The van der Waals surface area contributed by atoms with Crippen molar-refractivity contribution in [2.45, 2.75) is 140 Å². The van der Waals surface area contributed by atoms with E-state index in [4.69, 9.17) is 0 Å². The van der Waals surface area contributed by atoms with Gasteiger partial charge in [-0.15, -0.1) is 0 Å². The van der Waals surface area contributed by atoms with Crippen molar-refractivity contribution < 1.29 is 38.4 Å². The molecule has 3 aromatic carbocycles. The zero-order valence-corrected chi connectivity index (χ0v) is 48.2. The number of nitrogens with zero attached hydrogens (tertiary/aromatic N) is 6. The summed E-state index contributed by atoms with van der Waals surface area (Å²) in [6.45, 7) is 3.51. The number of carbonyl (C=O) groups is 8. The second-order valence-electron chi connectivity index (χ2n) is 22.7. The molecule has 2 saturated heterocycles. The quantitative estimate of drug-likeness (QED) is 0.0434. The number of anilines is 2. The van der Waals surface area contributed by atoms with Crippen molar-refractivity contribution >= 4 is 58.5 Å². The molecule has 4 aliphatic rings. The number of carbonyl (C=O) groups excluding carboxylic acids is 8. The molecular formula is C63H77N13O8. The number of Topliss-reactive ketones (excluding diaryl/α,β-unsaturated/α-hetero) is 1. The molecule has 8 atom stereocenters.